The Morgan fingerprint density at radius 2 is 2.25 bits per heavy atom. The molecule has 5 heteroatoms. The van der Waals surface area contributed by atoms with E-state index in [4.69, 9.17) is 4.74 Å². The van der Waals surface area contributed by atoms with Gasteiger partial charge in [-0.15, -0.1) is 0 Å². The quantitative estimate of drug-likeness (QED) is 0.725. The number of hydrogen-bond acceptors (Lipinski definition) is 4. The second kappa shape index (κ2) is 7.55. The van der Waals surface area contributed by atoms with E-state index in [1.54, 1.807) is 12.3 Å². The fraction of sp³-hybridized carbons (Fsp3) is 0.400. The molecule has 0 atom stereocenters. The molecular formula is C15H21N3O2. The van der Waals surface area contributed by atoms with Crippen LogP contribution in [0.4, 0.5) is 0 Å². The SMILES string of the molecule is CCOc1cccc(CNCCCn2cccn2)c1O. The number of phenolic OH excluding ortho intramolecular Hbond substituents is 1. The first-order chi connectivity index (χ1) is 9.81. The zero-order valence-corrected chi connectivity index (χ0v) is 11.7. The maximum atomic E-state index is 10.0. The average molecular weight is 275 g/mol. The smallest absolute Gasteiger partial charge is 0.162 e. The van der Waals surface area contributed by atoms with E-state index in [0.717, 1.165) is 25.1 Å². The van der Waals surface area contributed by atoms with Crippen LogP contribution in [0.5, 0.6) is 11.5 Å². The third-order valence-corrected chi connectivity index (χ3v) is 3.00. The van der Waals surface area contributed by atoms with Gasteiger partial charge in [0.1, 0.15) is 0 Å². The Morgan fingerprint density at radius 3 is 3.00 bits per heavy atom. The number of aromatic nitrogens is 2. The van der Waals surface area contributed by atoms with Crippen LogP contribution in [0.1, 0.15) is 18.9 Å². The first kappa shape index (κ1) is 14.4. The molecule has 0 amide bonds. The Kier molecular flexibility index (Phi) is 5.43. The number of aryl methyl sites for hydroxylation is 1. The number of nitrogens with zero attached hydrogens (tertiary/aromatic N) is 2. The van der Waals surface area contributed by atoms with Gasteiger partial charge in [0.25, 0.3) is 0 Å². The van der Waals surface area contributed by atoms with Crippen LogP contribution in [0.2, 0.25) is 0 Å². The standard InChI is InChI=1S/C15H21N3O2/c1-2-20-14-7-3-6-13(15(14)19)12-16-8-4-10-18-11-5-9-17-18/h3,5-7,9,11,16,19H,2,4,8,10,12H2,1H3. The van der Waals surface area contributed by atoms with E-state index in [9.17, 15) is 5.11 Å². The van der Waals surface area contributed by atoms with Gasteiger partial charge in [-0.05, 0) is 32.0 Å². The normalized spacial score (nSPS) is 10.7. The van der Waals surface area contributed by atoms with Crippen molar-refractivity contribution < 1.29 is 9.84 Å². The van der Waals surface area contributed by atoms with Gasteiger partial charge in [-0.25, -0.2) is 0 Å². The van der Waals surface area contributed by atoms with Crippen LogP contribution >= 0.6 is 0 Å². The fourth-order valence-corrected chi connectivity index (χ4v) is 2.00. The third-order valence-electron chi connectivity index (χ3n) is 3.00. The summed E-state index contributed by atoms with van der Waals surface area (Å²) in [5, 5.41) is 17.5. The summed E-state index contributed by atoms with van der Waals surface area (Å²) in [6.45, 7) is 4.85. The van der Waals surface area contributed by atoms with Crippen molar-refractivity contribution in [2.24, 2.45) is 0 Å². The second-order valence-corrected chi connectivity index (χ2v) is 4.50. The van der Waals surface area contributed by atoms with Gasteiger partial charge in [0.2, 0.25) is 0 Å². The molecule has 20 heavy (non-hydrogen) atoms. The summed E-state index contributed by atoms with van der Waals surface area (Å²) in [7, 11) is 0. The van der Waals surface area contributed by atoms with E-state index in [0.29, 0.717) is 18.9 Å². The molecule has 1 aromatic heterocycles. The molecule has 0 unspecified atom stereocenters. The third kappa shape index (κ3) is 3.99. The van der Waals surface area contributed by atoms with E-state index < -0.39 is 0 Å². The lowest BCUT2D eigenvalue weighted by atomic mass is 10.2. The summed E-state index contributed by atoms with van der Waals surface area (Å²) in [4.78, 5) is 0. The molecule has 0 bridgehead atoms. The van der Waals surface area contributed by atoms with Crippen LogP contribution < -0.4 is 10.1 Å². The molecule has 2 aromatic rings. The van der Waals surface area contributed by atoms with Crippen molar-refractivity contribution in [3.05, 3.63) is 42.2 Å². The zero-order chi connectivity index (χ0) is 14.2. The second-order valence-electron chi connectivity index (χ2n) is 4.50. The van der Waals surface area contributed by atoms with Gasteiger partial charge >= 0.3 is 0 Å². The van der Waals surface area contributed by atoms with E-state index >= 15 is 0 Å². The fourth-order valence-electron chi connectivity index (χ4n) is 2.00. The number of benzene rings is 1. The number of phenols is 1. The van der Waals surface area contributed by atoms with E-state index in [1.165, 1.54) is 0 Å². The molecule has 0 fully saturated rings. The molecule has 2 rings (SSSR count). The van der Waals surface area contributed by atoms with Crippen LogP contribution in [-0.4, -0.2) is 28.0 Å². The first-order valence-corrected chi connectivity index (χ1v) is 6.93. The molecule has 0 aliphatic rings. The van der Waals surface area contributed by atoms with Crippen LogP contribution in [0.3, 0.4) is 0 Å². The van der Waals surface area contributed by atoms with Crippen molar-refractivity contribution in [3.63, 3.8) is 0 Å². The highest BCUT2D eigenvalue weighted by Crippen LogP contribution is 2.29. The van der Waals surface area contributed by atoms with Crippen molar-refractivity contribution in [2.75, 3.05) is 13.2 Å². The molecule has 0 saturated heterocycles. The maximum absolute atomic E-state index is 10.0. The topological polar surface area (TPSA) is 59.3 Å². The Hall–Kier alpha value is -2.01. The van der Waals surface area contributed by atoms with Crippen LogP contribution in [0, 0.1) is 0 Å². The molecule has 2 N–H and O–H groups in total. The van der Waals surface area contributed by atoms with Gasteiger partial charge in [-0.2, -0.15) is 5.10 Å². The molecule has 0 aliphatic heterocycles. The van der Waals surface area contributed by atoms with Gasteiger partial charge < -0.3 is 15.2 Å². The lowest BCUT2D eigenvalue weighted by Gasteiger charge is -2.11. The van der Waals surface area contributed by atoms with Gasteiger partial charge in [-0.3, -0.25) is 4.68 Å². The van der Waals surface area contributed by atoms with Crippen molar-refractivity contribution in [1.82, 2.24) is 15.1 Å². The molecule has 108 valence electrons. The summed E-state index contributed by atoms with van der Waals surface area (Å²) >= 11 is 0. The Morgan fingerprint density at radius 1 is 1.35 bits per heavy atom. The average Bonchev–Trinajstić information content (AvgIpc) is 2.96. The molecule has 5 nitrogen and oxygen atoms in total. The number of hydrogen-bond donors (Lipinski definition) is 2. The van der Waals surface area contributed by atoms with E-state index in [-0.39, 0.29) is 5.75 Å². The highest BCUT2D eigenvalue weighted by molar-refractivity contribution is 5.45. The van der Waals surface area contributed by atoms with Gasteiger partial charge in [0.15, 0.2) is 11.5 Å². The minimum atomic E-state index is 0.230. The largest absolute Gasteiger partial charge is 0.504 e. The van der Waals surface area contributed by atoms with Gasteiger partial charge in [0.05, 0.1) is 6.61 Å². The minimum absolute atomic E-state index is 0.230. The molecule has 1 heterocycles. The first-order valence-electron chi connectivity index (χ1n) is 6.93. The zero-order valence-electron chi connectivity index (χ0n) is 11.7. The lowest BCUT2D eigenvalue weighted by molar-refractivity contribution is 0.316. The molecule has 0 aliphatic carbocycles. The van der Waals surface area contributed by atoms with Crippen LogP contribution in [0.25, 0.3) is 0 Å². The van der Waals surface area contributed by atoms with Crippen molar-refractivity contribution in [3.8, 4) is 11.5 Å². The molecular weight excluding hydrogens is 254 g/mol. The van der Waals surface area contributed by atoms with Crippen LogP contribution in [0.15, 0.2) is 36.7 Å². The predicted octanol–water partition coefficient (Wildman–Crippen LogP) is 2.17. The lowest BCUT2D eigenvalue weighted by Crippen LogP contribution is -2.16. The van der Waals surface area contributed by atoms with Crippen molar-refractivity contribution in [1.29, 1.82) is 0 Å². The van der Waals surface area contributed by atoms with E-state index in [2.05, 4.69) is 10.4 Å². The Bertz CT molecular complexity index is 512. The Balaban J connectivity index is 1.75. The molecule has 0 saturated carbocycles. The highest BCUT2D eigenvalue weighted by Gasteiger charge is 2.06. The number of ether oxygens (including phenoxy) is 1. The summed E-state index contributed by atoms with van der Waals surface area (Å²) in [6, 6.07) is 7.49. The number of aromatic hydroxyl groups is 1. The molecule has 0 radical (unpaired) electrons. The van der Waals surface area contributed by atoms with Crippen molar-refractivity contribution >= 4 is 0 Å². The summed E-state index contributed by atoms with van der Waals surface area (Å²) < 4.78 is 7.28. The number of nitrogens with one attached hydrogen (secondary N) is 1. The number of rotatable bonds is 8. The summed E-state index contributed by atoms with van der Waals surface area (Å²) in [5.41, 5.74) is 0.857. The van der Waals surface area contributed by atoms with E-state index in [1.807, 2.05) is 36.0 Å². The van der Waals surface area contributed by atoms with Crippen molar-refractivity contribution in [2.45, 2.75) is 26.4 Å². The predicted molar refractivity (Wildman–Crippen MR) is 77.8 cm³/mol. The minimum Gasteiger partial charge on any atom is -0.504 e. The maximum Gasteiger partial charge on any atom is 0.162 e. The van der Waals surface area contributed by atoms with Gasteiger partial charge in [0, 0.05) is 31.0 Å². The molecule has 0 spiro atoms. The highest BCUT2D eigenvalue weighted by atomic mass is 16.5. The Labute approximate surface area is 119 Å². The summed E-state index contributed by atoms with van der Waals surface area (Å²) in [6.07, 6.45) is 4.73. The monoisotopic (exact) mass is 275 g/mol. The van der Waals surface area contributed by atoms with Crippen LogP contribution in [-0.2, 0) is 13.1 Å². The van der Waals surface area contributed by atoms with Gasteiger partial charge in [-0.1, -0.05) is 12.1 Å². The molecule has 1 aromatic carbocycles. The summed E-state index contributed by atoms with van der Waals surface area (Å²) in [5.74, 6) is 0.775. The number of para-hydroxylation sites is 1.